The summed E-state index contributed by atoms with van der Waals surface area (Å²) < 4.78 is 23.2. The van der Waals surface area contributed by atoms with E-state index in [0.717, 1.165) is 17.4 Å². The number of sulfonamides is 1. The summed E-state index contributed by atoms with van der Waals surface area (Å²) in [6, 6.07) is 10.3. The molecule has 0 bridgehead atoms. The average Bonchev–Trinajstić information content (AvgIpc) is 2.36. The number of benzene rings is 2. The molecule has 0 amide bonds. The molecular weight excluding hydrogens is 260 g/mol. The van der Waals surface area contributed by atoms with E-state index in [1.165, 1.54) is 6.07 Å². The molecule has 0 radical (unpaired) electrons. The first kappa shape index (κ1) is 13.7. The highest BCUT2D eigenvalue weighted by molar-refractivity contribution is 7.89. The highest BCUT2D eigenvalue weighted by atomic mass is 32.2. The molecule has 0 aromatic heterocycles. The third-order valence-corrected chi connectivity index (χ3v) is 3.98. The normalized spacial score (nSPS) is 11.7. The standard InChI is InChI=1S/C14H16N2O2S/c1-2-5-13(15)11-8-9-14(19(16,17)18)12-7-4-3-6-10(11)12/h3-4,6-9,15H,2,5H2,1H3,(H2,16,17,18). The Bertz CT molecular complexity index is 736. The van der Waals surface area contributed by atoms with E-state index in [9.17, 15) is 8.42 Å². The van der Waals surface area contributed by atoms with Crippen molar-refractivity contribution in [2.75, 3.05) is 0 Å². The maximum absolute atomic E-state index is 11.6. The van der Waals surface area contributed by atoms with Crippen LogP contribution in [0, 0.1) is 5.41 Å². The second-order valence-corrected chi connectivity index (χ2v) is 5.96. The molecule has 0 unspecified atom stereocenters. The molecule has 4 nitrogen and oxygen atoms in total. The maximum Gasteiger partial charge on any atom is 0.238 e. The number of hydrogen-bond acceptors (Lipinski definition) is 3. The first-order valence-electron chi connectivity index (χ1n) is 6.07. The van der Waals surface area contributed by atoms with Gasteiger partial charge in [0.05, 0.1) is 4.90 Å². The van der Waals surface area contributed by atoms with Gasteiger partial charge in [-0.1, -0.05) is 43.7 Å². The molecule has 0 aliphatic carbocycles. The van der Waals surface area contributed by atoms with Gasteiger partial charge in [-0.25, -0.2) is 13.6 Å². The van der Waals surface area contributed by atoms with Gasteiger partial charge in [-0.15, -0.1) is 0 Å². The molecule has 0 saturated heterocycles. The van der Waals surface area contributed by atoms with Gasteiger partial charge in [0, 0.05) is 16.7 Å². The van der Waals surface area contributed by atoms with Crippen LogP contribution in [0.4, 0.5) is 0 Å². The predicted octanol–water partition coefficient (Wildman–Crippen LogP) is 2.66. The second kappa shape index (κ2) is 5.11. The predicted molar refractivity (Wildman–Crippen MR) is 77.1 cm³/mol. The van der Waals surface area contributed by atoms with E-state index in [2.05, 4.69) is 0 Å². The van der Waals surface area contributed by atoms with Crippen LogP contribution in [-0.4, -0.2) is 14.1 Å². The topological polar surface area (TPSA) is 84.0 Å². The van der Waals surface area contributed by atoms with Gasteiger partial charge in [-0.05, 0) is 17.9 Å². The van der Waals surface area contributed by atoms with Gasteiger partial charge < -0.3 is 5.41 Å². The lowest BCUT2D eigenvalue weighted by molar-refractivity contribution is 0.598. The minimum atomic E-state index is -3.75. The van der Waals surface area contributed by atoms with E-state index in [0.29, 0.717) is 17.5 Å². The van der Waals surface area contributed by atoms with Crippen LogP contribution in [-0.2, 0) is 10.0 Å². The zero-order chi connectivity index (χ0) is 14.0. The molecule has 0 heterocycles. The summed E-state index contributed by atoms with van der Waals surface area (Å²) in [5.41, 5.74) is 1.28. The molecular formula is C14H16N2O2S. The molecule has 0 atom stereocenters. The van der Waals surface area contributed by atoms with E-state index >= 15 is 0 Å². The Morgan fingerprint density at radius 3 is 2.37 bits per heavy atom. The lowest BCUT2D eigenvalue weighted by Gasteiger charge is -2.10. The van der Waals surface area contributed by atoms with Crippen LogP contribution < -0.4 is 5.14 Å². The zero-order valence-corrected chi connectivity index (χ0v) is 11.5. The molecule has 0 fully saturated rings. The van der Waals surface area contributed by atoms with Crippen molar-refractivity contribution in [2.24, 2.45) is 5.14 Å². The van der Waals surface area contributed by atoms with Crippen LogP contribution in [0.25, 0.3) is 10.8 Å². The highest BCUT2D eigenvalue weighted by Gasteiger charge is 2.15. The fraction of sp³-hybridized carbons (Fsp3) is 0.214. The van der Waals surface area contributed by atoms with Crippen molar-refractivity contribution in [3.63, 3.8) is 0 Å². The Hall–Kier alpha value is -1.72. The van der Waals surface area contributed by atoms with Crippen molar-refractivity contribution in [1.82, 2.24) is 0 Å². The Morgan fingerprint density at radius 2 is 1.79 bits per heavy atom. The summed E-state index contributed by atoms with van der Waals surface area (Å²) in [5, 5.41) is 14.6. The summed E-state index contributed by atoms with van der Waals surface area (Å²) in [6.45, 7) is 2.01. The fourth-order valence-corrected chi connectivity index (χ4v) is 2.91. The van der Waals surface area contributed by atoms with E-state index < -0.39 is 10.0 Å². The number of rotatable bonds is 4. The van der Waals surface area contributed by atoms with Crippen molar-refractivity contribution >= 4 is 26.5 Å². The van der Waals surface area contributed by atoms with Gasteiger partial charge in [-0.3, -0.25) is 0 Å². The zero-order valence-electron chi connectivity index (χ0n) is 10.7. The van der Waals surface area contributed by atoms with E-state index in [-0.39, 0.29) is 4.90 Å². The Balaban J connectivity index is 2.76. The number of nitrogens with one attached hydrogen (secondary N) is 1. The van der Waals surface area contributed by atoms with E-state index in [1.54, 1.807) is 18.2 Å². The highest BCUT2D eigenvalue weighted by Crippen LogP contribution is 2.26. The van der Waals surface area contributed by atoms with Crippen LogP contribution in [0.1, 0.15) is 25.3 Å². The van der Waals surface area contributed by atoms with Crippen molar-refractivity contribution in [3.05, 3.63) is 42.0 Å². The summed E-state index contributed by atoms with van der Waals surface area (Å²) in [6.07, 6.45) is 1.54. The third kappa shape index (κ3) is 2.67. The maximum atomic E-state index is 11.6. The third-order valence-electron chi connectivity index (χ3n) is 3.02. The molecule has 2 aromatic carbocycles. The Morgan fingerprint density at radius 1 is 1.16 bits per heavy atom. The van der Waals surface area contributed by atoms with E-state index in [4.69, 9.17) is 10.5 Å². The first-order valence-corrected chi connectivity index (χ1v) is 7.62. The molecule has 19 heavy (non-hydrogen) atoms. The van der Waals surface area contributed by atoms with Crippen molar-refractivity contribution in [3.8, 4) is 0 Å². The fourth-order valence-electron chi connectivity index (χ4n) is 2.17. The van der Waals surface area contributed by atoms with Crippen LogP contribution in [0.3, 0.4) is 0 Å². The summed E-state index contributed by atoms with van der Waals surface area (Å²) in [5.74, 6) is 0. The molecule has 0 aliphatic rings. The first-order chi connectivity index (χ1) is 8.95. The van der Waals surface area contributed by atoms with Gasteiger partial charge in [-0.2, -0.15) is 0 Å². The molecule has 5 heteroatoms. The molecule has 0 saturated carbocycles. The Kier molecular flexibility index (Phi) is 3.68. The largest absolute Gasteiger partial charge is 0.305 e. The molecule has 100 valence electrons. The number of nitrogens with two attached hydrogens (primary N) is 1. The summed E-state index contributed by atoms with van der Waals surface area (Å²) in [7, 11) is -3.75. The van der Waals surface area contributed by atoms with Crippen LogP contribution in [0.5, 0.6) is 0 Å². The molecule has 3 N–H and O–H groups in total. The Labute approximate surface area is 112 Å². The monoisotopic (exact) mass is 276 g/mol. The van der Waals surface area contributed by atoms with E-state index in [1.807, 2.05) is 19.1 Å². The van der Waals surface area contributed by atoms with Gasteiger partial charge in [0.2, 0.25) is 10.0 Å². The molecule has 0 spiro atoms. The molecule has 0 aliphatic heterocycles. The number of fused-ring (bicyclic) bond motifs is 1. The smallest absolute Gasteiger partial charge is 0.238 e. The minimum Gasteiger partial charge on any atom is -0.305 e. The number of hydrogen-bond donors (Lipinski definition) is 2. The van der Waals surface area contributed by atoms with Crippen molar-refractivity contribution in [2.45, 2.75) is 24.7 Å². The van der Waals surface area contributed by atoms with Gasteiger partial charge >= 0.3 is 0 Å². The summed E-state index contributed by atoms with van der Waals surface area (Å²) in [4.78, 5) is 0.108. The van der Waals surface area contributed by atoms with Gasteiger partial charge in [0.1, 0.15) is 0 Å². The lowest BCUT2D eigenvalue weighted by Crippen LogP contribution is -2.13. The van der Waals surface area contributed by atoms with Crippen molar-refractivity contribution in [1.29, 1.82) is 5.41 Å². The lowest BCUT2D eigenvalue weighted by atomic mass is 9.99. The van der Waals surface area contributed by atoms with Gasteiger partial charge in [0.15, 0.2) is 0 Å². The second-order valence-electron chi connectivity index (χ2n) is 4.43. The average molecular weight is 276 g/mol. The quantitative estimate of drug-likeness (QED) is 0.841. The van der Waals surface area contributed by atoms with Crippen LogP contribution in [0.2, 0.25) is 0 Å². The van der Waals surface area contributed by atoms with Crippen molar-refractivity contribution < 1.29 is 8.42 Å². The number of primary sulfonamides is 1. The molecule has 2 rings (SSSR count). The van der Waals surface area contributed by atoms with Gasteiger partial charge in [0.25, 0.3) is 0 Å². The SMILES string of the molecule is CCCC(=N)c1ccc(S(N)(=O)=O)c2ccccc12. The summed E-state index contributed by atoms with van der Waals surface area (Å²) >= 11 is 0. The van der Waals surface area contributed by atoms with Crippen LogP contribution >= 0.6 is 0 Å². The minimum absolute atomic E-state index is 0.108. The van der Waals surface area contributed by atoms with Crippen LogP contribution in [0.15, 0.2) is 41.3 Å². The molecule has 2 aromatic rings.